The molecule has 0 saturated carbocycles. The Labute approximate surface area is 266 Å². The lowest BCUT2D eigenvalue weighted by Gasteiger charge is -2.37. The number of amides is 3. The van der Waals surface area contributed by atoms with Gasteiger partial charge in [0.1, 0.15) is 17.4 Å². The summed E-state index contributed by atoms with van der Waals surface area (Å²) in [6.07, 6.45) is 5.42. The number of aliphatic hydroxyl groups excluding tert-OH is 1. The first-order valence-electron chi connectivity index (χ1n) is 15.9. The van der Waals surface area contributed by atoms with Gasteiger partial charge in [0.2, 0.25) is 17.7 Å². The molecular formula is C36H45N3O6. The summed E-state index contributed by atoms with van der Waals surface area (Å²) in [7, 11) is 0. The molecule has 9 nitrogen and oxygen atoms in total. The highest BCUT2D eigenvalue weighted by Crippen LogP contribution is 2.63. The molecule has 2 unspecified atom stereocenters. The van der Waals surface area contributed by atoms with Crippen molar-refractivity contribution < 1.29 is 29.0 Å². The Morgan fingerprint density at radius 3 is 2.40 bits per heavy atom. The Hall–Kier alpha value is -3.95. The number of benzene rings is 2. The lowest BCUT2D eigenvalue weighted by atomic mass is 9.66. The second kappa shape index (κ2) is 13.6. The zero-order valence-corrected chi connectivity index (χ0v) is 26.4. The number of hydrogen-bond donors (Lipinski definition) is 1. The van der Waals surface area contributed by atoms with Crippen molar-refractivity contribution in [2.24, 2.45) is 11.8 Å². The largest absolute Gasteiger partial charge is 0.494 e. The molecule has 5 rings (SSSR count). The third-order valence-electron chi connectivity index (χ3n) is 9.50. The maximum Gasteiger partial charge on any atom is 0.248 e. The van der Waals surface area contributed by atoms with Gasteiger partial charge in [-0.25, -0.2) is 0 Å². The van der Waals surface area contributed by atoms with Crippen LogP contribution in [0, 0.1) is 11.8 Å². The summed E-state index contributed by atoms with van der Waals surface area (Å²) in [5, 5.41) is 9.50. The van der Waals surface area contributed by atoms with E-state index in [1.807, 2.05) is 68.4 Å². The average molecular weight is 616 g/mol. The van der Waals surface area contributed by atoms with Crippen molar-refractivity contribution in [2.75, 3.05) is 37.7 Å². The third kappa shape index (κ3) is 5.91. The second-order valence-electron chi connectivity index (χ2n) is 12.3. The first-order chi connectivity index (χ1) is 21.7. The average Bonchev–Trinajstić information content (AvgIpc) is 3.61. The first kappa shape index (κ1) is 32.4. The highest BCUT2D eigenvalue weighted by Gasteiger charge is 2.78. The van der Waals surface area contributed by atoms with E-state index in [1.165, 1.54) is 0 Å². The molecule has 1 spiro atoms. The fourth-order valence-corrected chi connectivity index (χ4v) is 7.59. The van der Waals surface area contributed by atoms with Gasteiger partial charge in [0, 0.05) is 38.5 Å². The van der Waals surface area contributed by atoms with Crippen molar-refractivity contribution in [3.8, 4) is 5.75 Å². The van der Waals surface area contributed by atoms with E-state index >= 15 is 0 Å². The number of likely N-dealkylation sites (tertiary alicyclic amines) is 1. The van der Waals surface area contributed by atoms with E-state index in [0.717, 1.165) is 5.56 Å². The first-order valence-corrected chi connectivity index (χ1v) is 15.9. The molecule has 3 amide bonds. The molecule has 0 aromatic heterocycles. The minimum Gasteiger partial charge on any atom is -0.494 e. The summed E-state index contributed by atoms with van der Waals surface area (Å²) in [5.41, 5.74) is -0.427. The number of ether oxygens (including phenoxy) is 2. The van der Waals surface area contributed by atoms with Gasteiger partial charge in [-0.2, -0.15) is 0 Å². The quantitative estimate of drug-likeness (QED) is 0.236. The Morgan fingerprint density at radius 1 is 1.04 bits per heavy atom. The number of carbonyl (C=O) groups is 3. The van der Waals surface area contributed by atoms with Crippen LogP contribution in [-0.4, -0.2) is 82.7 Å². The van der Waals surface area contributed by atoms with Crippen molar-refractivity contribution >= 4 is 23.4 Å². The Kier molecular flexibility index (Phi) is 9.79. The Balaban J connectivity index is 1.52. The SMILES string of the molecule is C=CCN(Cc1ccccc1)C(=O)C1N(CCCCO)C(=O)[C@@H]2[C@H](C(=O)N(CC=C)c3ccc(OCC)cc3)[C@]3(C)CCC12O3. The smallest absolute Gasteiger partial charge is 0.248 e. The number of rotatable bonds is 15. The van der Waals surface area contributed by atoms with E-state index in [2.05, 4.69) is 13.2 Å². The molecule has 3 aliphatic heterocycles. The molecule has 3 saturated heterocycles. The molecule has 0 aliphatic carbocycles. The summed E-state index contributed by atoms with van der Waals surface area (Å²) in [4.78, 5) is 48.7. The van der Waals surface area contributed by atoms with E-state index in [-0.39, 0.29) is 37.4 Å². The predicted octanol–water partition coefficient (Wildman–Crippen LogP) is 4.36. The van der Waals surface area contributed by atoms with E-state index in [9.17, 15) is 19.5 Å². The zero-order valence-electron chi connectivity index (χ0n) is 26.4. The minimum absolute atomic E-state index is 0.0138. The highest BCUT2D eigenvalue weighted by atomic mass is 16.5. The van der Waals surface area contributed by atoms with Crippen LogP contribution in [0.3, 0.4) is 0 Å². The molecule has 5 atom stereocenters. The molecule has 45 heavy (non-hydrogen) atoms. The lowest BCUT2D eigenvalue weighted by molar-refractivity contribution is -0.151. The van der Waals surface area contributed by atoms with Gasteiger partial charge in [-0.15, -0.1) is 13.2 Å². The van der Waals surface area contributed by atoms with Crippen molar-refractivity contribution in [3.05, 3.63) is 85.5 Å². The number of carbonyl (C=O) groups excluding carboxylic acids is 3. The molecule has 0 radical (unpaired) electrons. The lowest BCUT2D eigenvalue weighted by Crippen LogP contribution is -2.56. The van der Waals surface area contributed by atoms with Crippen LogP contribution in [0.4, 0.5) is 5.69 Å². The number of fused-ring (bicyclic) bond motifs is 1. The van der Waals surface area contributed by atoms with Crippen LogP contribution < -0.4 is 9.64 Å². The number of unbranched alkanes of at least 4 members (excludes halogenated alkanes) is 1. The Bertz CT molecular complexity index is 1400. The summed E-state index contributed by atoms with van der Waals surface area (Å²) in [6, 6.07) is 16.1. The molecule has 3 heterocycles. The van der Waals surface area contributed by atoms with Crippen LogP contribution in [0.15, 0.2) is 79.9 Å². The number of anilines is 1. The highest BCUT2D eigenvalue weighted by molar-refractivity contribution is 6.03. The van der Waals surface area contributed by atoms with Gasteiger partial charge in [-0.3, -0.25) is 14.4 Å². The van der Waals surface area contributed by atoms with Crippen LogP contribution in [0.2, 0.25) is 0 Å². The van der Waals surface area contributed by atoms with Gasteiger partial charge >= 0.3 is 0 Å². The molecule has 3 fully saturated rings. The fraction of sp³-hybridized carbons (Fsp3) is 0.472. The van der Waals surface area contributed by atoms with Gasteiger partial charge in [0.05, 0.1) is 24.0 Å². The molecule has 240 valence electrons. The second-order valence-corrected chi connectivity index (χ2v) is 12.3. The van der Waals surface area contributed by atoms with Crippen molar-refractivity contribution in [2.45, 2.75) is 63.3 Å². The van der Waals surface area contributed by atoms with E-state index in [0.29, 0.717) is 56.8 Å². The van der Waals surface area contributed by atoms with Crippen LogP contribution in [-0.2, 0) is 25.7 Å². The topological polar surface area (TPSA) is 99.6 Å². The number of nitrogens with zero attached hydrogens (tertiary/aromatic N) is 3. The fourth-order valence-electron chi connectivity index (χ4n) is 7.59. The van der Waals surface area contributed by atoms with E-state index in [1.54, 1.807) is 26.9 Å². The molecule has 9 heteroatoms. The van der Waals surface area contributed by atoms with Crippen molar-refractivity contribution in [1.29, 1.82) is 0 Å². The van der Waals surface area contributed by atoms with Gasteiger partial charge in [0.15, 0.2) is 0 Å². The standard InChI is InChI=1S/C36H45N3O6/c1-5-21-37(25-26-13-9-8-10-14-26)34(43)31-36-20-19-35(4,45-36)29(30(36)33(42)39(31)23-11-12-24-40)32(41)38(22-6-2)27-15-17-28(18-16-27)44-7-3/h5-6,8-10,13-18,29-31,40H,1-2,7,11-12,19-25H2,3-4H3/t29-,30+,31?,35+,36?/m1/s1. The van der Waals surface area contributed by atoms with E-state index < -0.39 is 29.1 Å². The molecule has 2 bridgehead atoms. The molecule has 1 N–H and O–H groups in total. The van der Waals surface area contributed by atoms with Crippen LogP contribution in [0.1, 0.15) is 45.1 Å². The van der Waals surface area contributed by atoms with E-state index in [4.69, 9.17) is 9.47 Å². The normalized spacial score (nSPS) is 26.4. The van der Waals surface area contributed by atoms with Crippen molar-refractivity contribution in [1.82, 2.24) is 9.80 Å². The minimum atomic E-state index is -1.14. The Morgan fingerprint density at radius 2 is 1.76 bits per heavy atom. The molecule has 2 aromatic rings. The summed E-state index contributed by atoms with van der Waals surface area (Å²) >= 11 is 0. The zero-order chi connectivity index (χ0) is 32.2. The predicted molar refractivity (Wildman–Crippen MR) is 172 cm³/mol. The van der Waals surface area contributed by atoms with Gasteiger partial charge in [-0.05, 0) is 69.4 Å². The van der Waals surface area contributed by atoms with Crippen LogP contribution >= 0.6 is 0 Å². The molecular weight excluding hydrogens is 570 g/mol. The summed E-state index contributed by atoms with van der Waals surface area (Å²) in [5.74, 6) is -1.58. The van der Waals surface area contributed by atoms with Crippen molar-refractivity contribution in [3.63, 3.8) is 0 Å². The summed E-state index contributed by atoms with van der Waals surface area (Å²) < 4.78 is 12.5. The van der Waals surface area contributed by atoms with Crippen LogP contribution in [0.25, 0.3) is 0 Å². The maximum atomic E-state index is 14.6. The molecule has 3 aliphatic rings. The van der Waals surface area contributed by atoms with Gasteiger partial charge in [-0.1, -0.05) is 42.5 Å². The maximum absolute atomic E-state index is 14.6. The molecule has 2 aromatic carbocycles. The van der Waals surface area contributed by atoms with Gasteiger partial charge < -0.3 is 29.3 Å². The third-order valence-corrected chi connectivity index (χ3v) is 9.50. The number of aliphatic hydroxyl groups is 1. The van der Waals surface area contributed by atoms with Crippen LogP contribution in [0.5, 0.6) is 5.75 Å². The number of hydrogen-bond acceptors (Lipinski definition) is 6. The monoisotopic (exact) mass is 615 g/mol. The van der Waals surface area contributed by atoms with Gasteiger partial charge in [0.25, 0.3) is 0 Å². The summed E-state index contributed by atoms with van der Waals surface area (Å²) in [6.45, 7) is 13.3.